The fourth-order valence-electron chi connectivity index (χ4n) is 3.80. The predicted molar refractivity (Wildman–Crippen MR) is 115 cm³/mol. The maximum atomic E-state index is 12.6. The Morgan fingerprint density at radius 1 is 1.25 bits per heavy atom. The molecule has 0 unspecified atom stereocenters. The van der Waals surface area contributed by atoms with E-state index in [1.54, 1.807) is 29.8 Å². The molecule has 3 aromatic rings. The van der Waals surface area contributed by atoms with Gasteiger partial charge in [-0.25, -0.2) is 0 Å². The van der Waals surface area contributed by atoms with E-state index in [0.717, 1.165) is 35.1 Å². The van der Waals surface area contributed by atoms with E-state index < -0.39 is 0 Å². The molecule has 2 aromatic carbocycles. The molecule has 4 rings (SSSR count). The van der Waals surface area contributed by atoms with Crippen LogP contribution in [0.25, 0.3) is 10.9 Å². The SMILES string of the molecule is Cn1c(=O)cc(SCC(=O)N[C@H]2CCCc3ccccc32)c2ccc(Cl)cc21. The number of hydrogen-bond donors (Lipinski definition) is 1. The number of aromatic nitrogens is 1. The van der Waals surface area contributed by atoms with Crippen LogP contribution in [0.2, 0.25) is 5.02 Å². The van der Waals surface area contributed by atoms with Crippen LogP contribution in [0, 0.1) is 0 Å². The number of thioether (sulfide) groups is 1. The van der Waals surface area contributed by atoms with E-state index in [1.807, 2.05) is 18.2 Å². The van der Waals surface area contributed by atoms with Gasteiger partial charge in [0, 0.05) is 28.4 Å². The number of pyridine rings is 1. The summed E-state index contributed by atoms with van der Waals surface area (Å²) in [5.74, 6) is 0.248. The van der Waals surface area contributed by atoms with Crippen LogP contribution >= 0.6 is 23.4 Å². The molecule has 0 radical (unpaired) electrons. The van der Waals surface area contributed by atoms with Gasteiger partial charge in [-0.1, -0.05) is 41.9 Å². The summed E-state index contributed by atoms with van der Waals surface area (Å²) in [6.45, 7) is 0. The molecular formula is C22H21ClN2O2S. The molecule has 28 heavy (non-hydrogen) atoms. The molecule has 1 aliphatic rings. The second-order valence-electron chi connectivity index (χ2n) is 7.07. The molecule has 1 heterocycles. The van der Waals surface area contributed by atoms with Crippen molar-refractivity contribution in [3.05, 3.63) is 75.0 Å². The third-order valence-electron chi connectivity index (χ3n) is 5.24. The Morgan fingerprint density at radius 3 is 2.93 bits per heavy atom. The number of rotatable bonds is 4. The largest absolute Gasteiger partial charge is 0.349 e. The maximum absolute atomic E-state index is 12.6. The summed E-state index contributed by atoms with van der Waals surface area (Å²) >= 11 is 7.47. The van der Waals surface area contributed by atoms with Crippen molar-refractivity contribution >= 4 is 40.2 Å². The van der Waals surface area contributed by atoms with Gasteiger partial charge in [-0.3, -0.25) is 9.59 Å². The summed E-state index contributed by atoms with van der Waals surface area (Å²) in [5.41, 5.74) is 3.20. The van der Waals surface area contributed by atoms with Crippen LogP contribution < -0.4 is 10.9 Å². The van der Waals surface area contributed by atoms with Crippen molar-refractivity contribution in [2.45, 2.75) is 30.2 Å². The van der Waals surface area contributed by atoms with Gasteiger partial charge in [-0.05, 0) is 42.5 Å². The van der Waals surface area contributed by atoms with E-state index in [4.69, 9.17) is 11.6 Å². The second-order valence-corrected chi connectivity index (χ2v) is 8.52. The second kappa shape index (κ2) is 8.02. The average molecular weight is 413 g/mol. The fraction of sp³-hybridized carbons (Fsp3) is 0.273. The third kappa shape index (κ3) is 3.82. The van der Waals surface area contributed by atoms with E-state index in [2.05, 4.69) is 17.4 Å². The highest BCUT2D eigenvalue weighted by Crippen LogP contribution is 2.31. The molecule has 0 spiro atoms. The van der Waals surface area contributed by atoms with Crippen molar-refractivity contribution in [3.8, 4) is 0 Å². The topological polar surface area (TPSA) is 51.1 Å². The molecule has 0 saturated heterocycles. The van der Waals surface area contributed by atoms with Crippen molar-refractivity contribution in [2.75, 3.05) is 5.75 Å². The smallest absolute Gasteiger partial charge is 0.251 e. The number of benzene rings is 2. The molecule has 1 aromatic heterocycles. The fourth-order valence-corrected chi connectivity index (χ4v) is 4.85. The van der Waals surface area contributed by atoms with Crippen LogP contribution in [-0.2, 0) is 18.3 Å². The van der Waals surface area contributed by atoms with Gasteiger partial charge in [-0.2, -0.15) is 0 Å². The van der Waals surface area contributed by atoms with Crippen molar-refractivity contribution < 1.29 is 4.79 Å². The molecule has 0 bridgehead atoms. The third-order valence-corrected chi connectivity index (χ3v) is 6.53. The summed E-state index contributed by atoms with van der Waals surface area (Å²) < 4.78 is 1.57. The summed E-state index contributed by atoms with van der Waals surface area (Å²) in [5, 5.41) is 4.67. The number of carbonyl (C=O) groups excluding carboxylic acids is 1. The van der Waals surface area contributed by atoms with E-state index in [0.29, 0.717) is 5.02 Å². The first-order valence-corrected chi connectivity index (χ1v) is 10.7. The van der Waals surface area contributed by atoms with E-state index in [-0.39, 0.29) is 23.3 Å². The van der Waals surface area contributed by atoms with Crippen LogP contribution in [0.3, 0.4) is 0 Å². The molecular weight excluding hydrogens is 392 g/mol. The zero-order valence-electron chi connectivity index (χ0n) is 15.6. The van der Waals surface area contributed by atoms with Gasteiger partial charge in [0.25, 0.3) is 5.56 Å². The number of amides is 1. The highest BCUT2D eigenvalue weighted by Gasteiger charge is 2.21. The zero-order chi connectivity index (χ0) is 19.7. The van der Waals surface area contributed by atoms with Gasteiger partial charge in [0.15, 0.2) is 0 Å². The lowest BCUT2D eigenvalue weighted by Crippen LogP contribution is -2.32. The molecule has 1 amide bonds. The Labute approximate surface area is 172 Å². The Bertz CT molecular complexity index is 1110. The van der Waals surface area contributed by atoms with Crippen LogP contribution in [0.5, 0.6) is 0 Å². The van der Waals surface area contributed by atoms with Gasteiger partial charge < -0.3 is 9.88 Å². The first kappa shape index (κ1) is 19.1. The number of nitrogens with zero attached hydrogens (tertiary/aromatic N) is 1. The molecule has 144 valence electrons. The van der Waals surface area contributed by atoms with Gasteiger partial charge in [0.05, 0.1) is 17.3 Å². The van der Waals surface area contributed by atoms with E-state index in [1.165, 1.54) is 22.9 Å². The molecule has 6 heteroatoms. The monoisotopic (exact) mass is 412 g/mol. The molecule has 4 nitrogen and oxygen atoms in total. The number of nitrogens with one attached hydrogen (secondary N) is 1. The Kier molecular flexibility index (Phi) is 5.47. The number of aryl methyl sites for hydroxylation is 2. The standard InChI is InChI=1S/C22H21ClN2O2S/c1-25-19-11-15(23)9-10-17(19)20(12-22(25)27)28-13-21(26)24-18-8-4-6-14-5-2-3-7-16(14)18/h2-3,5,7,9-12,18H,4,6,8,13H2,1H3,(H,24,26)/t18-/m0/s1. The van der Waals surface area contributed by atoms with E-state index >= 15 is 0 Å². The lowest BCUT2D eigenvalue weighted by molar-refractivity contribution is -0.119. The van der Waals surface area contributed by atoms with Gasteiger partial charge in [0.2, 0.25) is 5.91 Å². The van der Waals surface area contributed by atoms with Gasteiger partial charge >= 0.3 is 0 Å². The highest BCUT2D eigenvalue weighted by molar-refractivity contribution is 8.00. The van der Waals surface area contributed by atoms with E-state index in [9.17, 15) is 9.59 Å². The molecule has 1 aliphatic carbocycles. The Balaban J connectivity index is 1.50. The van der Waals surface area contributed by atoms with Crippen molar-refractivity contribution in [1.82, 2.24) is 9.88 Å². The van der Waals surface area contributed by atoms with Gasteiger partial charge in [0.1, 0.15) is 0 Å². The van der Waals surface area contributed by atoms with Gasteiger partial charge in [-0.15, -0.1) is 11.8 Å². The first-order valence-electron chi connectivity index (χ1n) is 9.32. The lowest BCUT2D eigenvalue weighted by atomic mass is 9.88. The predicted octanol–water partition coefficient (Wildman–Crippen LogP) is 4.48. The van der Waals surface area contributed by atoms with Crippen LogP contribution in [0.1, 0.15) is 30.0 Å². The minimum atomic E-state index is -0.112. The molecule has 1 atom stereocenters. The lowest BCUT2D eigenvalue weighted by Gasteiger charge is -2.26. The molecule has 0 saturated carbocycles. The zero-order valence-corrected chi connectivity index (χ0v) is 17.1. The molecule has 1 N–H and O–H groups in total. The molecule has 0 fully saturated rings. The summed E-state index contributed by atoms with van der Waals surface area (Å²) in [7, 11) is 1.72. The first-order chi connectivity index (χ1) is 13.5. The van der Waals surface area contributed by atoms with Crippen molar-refractivity contribution in [2.24, 2.45) is 7.05 Å². The minimum absolute atomic E-state index is 0.0190. The number of carbonyl (C=O) groups is 1. The number of fused-ring (bicyclic) bond motifs is 2. The Morgan fingerprint density at radius 2 is 2.07 bits per heavy atom. The van der Waals surface area contributed by atoms with Crippen molar-refractivity contribution in [1.29, 1.82) is 0 Å². The summed E-state index contributed by atoms with van der Waals surface area (Å²) in [6.07, 6.45) is 3.11. The maximum Gasteiger partial charge on any atom is 0.251 e. The quantitative estimate of drug-likeness (QED) is 0.643. The number of halogens is 1. The van der Waals surface area contributed by atoms with Crippen LogP contribution in [0.4, 0.5) is 0 Å². The number of hydrogen-bond acceptors (Lipinski definition) is 3. The molecule has 0 aliphatic heterocycles. The average Bonchev–Trinajstić information content (AvgIpc) is 2.70. The van der Waals surface area contributed by atoms with Crippen LogP contribution in [0.15, 0.2) is 58.2 Å². The summed E-state index contributed by atoms with van der Waals surface area (Å²) in [6, 6.07) is 15.4. The van der Waals surface area contributed by atoms with Crippen LogP contribution in [-0.4, -0.2) is 16.2 Å². The highest BCUT2D eigenvalue weighted by atomic mass is 35.5. The normalized spacial score (nSPS) is 16.0. The van der Waals surface area contributed by atoms with Crippen molar-refractivity contribution in [3.63, 3.8) is 0 Å². The minimum Gasteiger partial charge on any atom is -0.349 e. The Hall–Kier alpha value is -2.24. The summed E-state index contributed by atoms with van der Waals surface area (Å²) in [4.78, 5) is 25.7.